The first kappa shape index (κ1) is 19.5. The van der Waals surface area contributed by atoms with E-state index in [4.69, 9.17) is 21.1 Å². The van der Waals surface area contributed by atoms with Crippen LogP contribution in [0.5, 0.6) is 11.5 Å². The summed E-state index contributed by atoms with van der Waals surface area (Å²) in [5.41, 5.74) is 2.85. The SMILES string of the molecule is COc1ccc(OC)c(C2CC(=O)N(c3ccccc3Cl)C3=C2C(=O)CCC3)c1. The normalized spacial score (nSPS) is 19.3. The first-order valence-electron chi connectivity index (χ1n) is 9.60. The molecule has 1 heterocycles. The van der Waals surface area contributed by atoms with E-state index in [9.17, 15) is 9.59 Å². The Morgan fingerprint density at radius 1 is 1.03 bits per heavy atom. The summed E-state index contributed by atoms with van der Waals surface area (Å²) in [5, 5.41) is 0.489. The first-order chi connectivity index (χ1) is 14.0. The quantitative estimate of drug-likeness (QED) is 0.719. The molecule has 2 aromatic carbocycles. The van der Waals surface area contributed by atoms with Crippen molar-refractivity contribution in [2.45, 2.75) is 31.6 Å². The molecule has 2 aliphatic rings. The predicted octanol–water partition coefficient (Wildman–Crippen LogP) is 4.88. The minimum atomic E-state index is -0.367. The average molecular weight is 412 g/mol. The van der Waals surface area contributed by atoms with E-state index in [-0.39, 0.29) is 24.0 Å². The van der Waals surface area contributed by atoms with E-state index in [1.165, 1.54) is 0 Å². The number of anilines is 1. The summed E-state index contributed by atoms with van der Waals surface area (Å²) < 4.78 is 10.9. The van der Waals surface area contributed by atoms with Gasteiger partial charge in [-0.25, -0.2) is 0 Å². The van der Waals surface area contributed by atoms with Gasteiger partial charge in [-0.1, -0.05) is 23.7 Å². The molecule has 0 saturated carbocycles. The van der Waals surface area contributed by atoms with Gasteiger partial charge in [0, 0.05) is 35.6 Å². The van der Waals surface area contributed by atoms with Crippen LogP contribution >= 0.6 is 11.6 Å². The van der Waals surface area contributed by atoms with Crippen LogP contribution in [0.15, 0.2) is 53.7 Å². The Morgan fingerprint density at radius 2 is 1.83 bits per heavy atom. The second-order valence-corrected chi connectivity index (χ2v) is 7.59. The van der Waals surface area contributed by atoms with Gasteiger partial charge in [-0.3, -0.25) is 14.5 Å². The number of ketones is 1. The van der Waals surface area contributed by atoms with Crippen LogP contribution in [0.3, 0.4) is 0 Å². The van der Waals surface area contributed by atoms with Crippen molar-refractivity contribution in [3.05, 3.63) is 64.3 Å². The van der Waals surface area contributed by atoms with Crippen LogP contribution in [0.25, 0.3) is 0 Å². The number of amides is 1. The summed E-state index contributed by atoms with van der Waals surface area (Å²) in [4.78, 5) is 28.0. The van der Waals surface area contributed by atoms with Gasteiger partial charge in [0.15, 0.2) is 5.78 Å². The highest BCUT2D eigenvalue weighted by Gasteiger charge is 2.41. The molecule has 1 unspecified atom stereocenters. The number of para-hydroxylation sites is 1. The molecule has 0 saturated heterocycles. The minimum absolute atomic E-state index is 0.0747. The van der Waals surface area contributed by atoms with Crippen molar-refractivity contribution in [1.82, 2.24) is 0 Å². The fourth-order valence-corrected chi connectivity index (χ4v) is 4.50. The number of Topliss-reactive ketones (excluding diaryl/α,β-unsaturated/α-hetero) is 1. The molecule has 4 rings (SSSR count). The number of hydrogen-bond donors (Lipinski definition) is 0. The first-order valence-corrected chi connectivity index (χ1v) is 9.98. The number of methoxy groups -OCH3 is 2. The Labute approximate surface area is 174 Å². The lowest BCUT2D eigenvalue weighted by Crippen LogP contribution is -2.40. The van der Waals surface area contributed by atoms with Crippen LogP contribution in [-0.2, 0) is 9.59 Å². The highest BCUT2D eigenvalue weighted by Crippen LogP contribution is 2.47. The van der Waals surface area contributed by atoms with Crippen molar-refractivity contribution in [2.75, 3.05) is 19.1 Å². The minimum Gasteiger partial charge on any atom is -0.497 e. The number of rotatable bonds is 4. The Bertz CT molecular complexity index is 1010. The summed E-state index contributed by atoms with van der Waals surface area (Å²) in [6, 6.07) is 12.7. The third-order valence-corrected chi connectivity index (χ3v) is 5.90. The molecule has 2 aromatic rings. The van der Waals surface area contributed by atoms with Gasteiger partial charge in [-0.2, -0.15) is 0 Å². The van der Waals surface area contributed by atoms with Gasteiger partial charge in [-0.15, -0.1) is 0 Å². The van der Waals surface area contributed by atoms with E-state index in [0.29, 0.717) is 47.0 Å². The number of carbonyl (C=O) groups is 2. The van der Waals surface area contributed by atoms with Crippen LogP contribution in [0, 0.1) is 0 Å². The molecule has 150 valence electrons. The van der Waals surface area contributed by atoms with E-state index < -0.39 is 0 Å². The zero-order valence-corrected chi connectivity index (χ0v) is 17.2. The number of halogens is 1. The van der Waals surface area contributed by atoms with Crippen LogP contribution < -0.4 is 14.4 Å². The van der Waals surface area contributed by atoms with Crippen molar-refractivity contribution in [2.24, 2.45) is 0 Å². The van der Waals surface area contributed by atoms with Crippen molar-refractivity contribution >= 4 is 29.0 Å². The molecule has 6 heteroatoms. The zero-order chi connectivity index (χ0) is 20.5. The maximum Gasteiger partial charge on any atom is 0.232 e. The van der Waals surface area contributed by atoms with Crippen molar-refractivity contribution in [3.63, 3.8) is 0 Å². The predicted molar refractivity (Wildman–Crippen MR) is 112 cm³/mol. The van der Waals surface area contributed by atoms with E-state index in [1.54, 1.807) is 31.3 Å². The maximum absolute atomic E-state index is 13.3. The van der Waals surface area contributed by atoms with E-state index in [1.807, 2.05) is 30.3 Å². The molecule has 0 fully saturated rings. The van der Waals surface area contributed by atoms with Gasteiger partial charge in [0.2, 0.25) is 5.91 Å². The Kier molecular flexibility index (Phi) is 5.33. The number of benzene rings is 2. The number of allylic oxidation sites excluding steroid dienone is 2. The Hall–Kier alpha value is -2.79. The lowest BCUT2D eigenvalue weighted by atomic mass is 9.76. The van der Waals surface area contributed by atoms with Gasteiger partial charge < -0.3 is 9.47 Å². The smallest absolute Gasteiger partial charge is 0.232 e. The van der Waals surface area contributed by atoms with E-state index in [0.717, 1.165) is 11.3 Å². The number of nitrogens with zero attached hydrogens (tertiary/aromatic N) is 1. The number of ether oxygens (including phenoxy) is 2. The molecule has 0 spiro atoms. The van der Waals surface area contributed by atoms with Crippen molar-refractivity contribution in [1.29, 1.82) is 0 Å². The topological polar surface area (TPSA) is 55.8 Å². The van der Waals surface area contributed by atoms with Crippen molar-refractivity contribution in [3.8, 4) is 11.5 Å². The molecular weight excluding hydrogens is 390 g/mol. The lowest BCUT2D eigenvalue weighted by molar-refractivity contribution is -0.119. The lowest BCUT2D eigenvalue weighted by Gasteiger charge is -2.39. The summed E-state index contributed by atoms with van der Waals surface area (Å²) in [5.74, 6) is 0.924. The molecule has 0 N–H and O–H groups in total. The van der Waals surface area contributed by atoms with Crippen LogP contribution in [0.1, 0.15) is 37.2 Å². The zero-order valence-electron chi connectivity index (χ0n) is 16.4. The molecule has 1 aliphatic carbocycles. The second kappa shape index (κ2) is 7.91. The van der Waals surface area contributed by atoms with Crippen molar-refractivity contribution < 1.29 is 19.1 Å². The largest absolute Gasteiger partial charge is 0.497 e. The van der Waals surface area contributed by atoms with Gasteiger partial charge in [0.05, 0.1) is 24.9 Å². The highest BCUT2D eigenvalue weighted by molar-refractivity contribution is 6.34. The van der Waals surface area contributed by atoms with Gasteiger partial charge in [-0.05, 0) is 43.2 Å². The Balaban J connectivity index is 1.91. The molecule has 0 aromatic heterocycles. The number of hydrogen-bond acceptors (Lipinski definition) is 4. The number of carbonyl (C=O) groups excluding carboxylic acids is 2. The molecule has 5 nitrogen and oxygen atoms in total. The standard InChI is InChI=1S/C23H22ClNO4/c1-28-14-10-11-21(29-2)15(12-14)16-13-22(27)25(18-7-4-3-6-17(18)24)19-8-5-9-20(26)23(16)19/h3-4,6-7,10-12,16H,5,8-9,13H2,1-2H3. The molecule has 0 radical (unpaired) electrons. The van der Waals surface area contributed by atoms with Crippen LogP contribution in [0.4, 0.5) is 5.69 Å². The van der Waals surface area contributed by atoms with Gasteiger partial charge in [0.1, 0.15) is 11.5 Å². The van der Waals surface area contributed by atoms with E-state index in [2.05, 4.69) is 0 Å². The highest BCUT2D eigenvalue weighted by atomic mass is 35.5. The van der Waals surface area contributed by atoms with Crippen LogP contribution in [-0.4, -0.2) is 25.9 Å². The molecule has 1 amide bonds. The van der Waals surface area contributed by atoms with Gasteiger partial charge >= 0.3 is 0 Å². The molecular formula is C23H22ClNO4. The fraction of sp³-hybridized carbons (Fsp3) is 0.304. The summed E-state index contributed by atoms with van der Waals surface area (Å²) in [7, 11) is 3.18. The summed E-state index contributed by atoms with van der Waals surface area (Å²) in [6.45, 7) is 0. The second-order valence-electron chi connectivity index (χ2n) is 7.18. The fourth-order valence-electron chi connectivity index (χ4n) is 4.28. The molecule has 1 atom stereocenters. The van der Waals surface area contributed by atoms with Gasteiger partial charge in [0.25, 0.3) is 0 Å². The third-order valence-electron chi connectivity index (χ3n) is 5.58. The molecule has 29 heavy (non-hydrogen) atoms. The summed E-state index contributed by atoms with van der Waals surface area (Å²) >= 11 is 6.39. The third kappa shape index (κ3) is 3.40. The monoisotopic (exact) mass is 411 g/mol. The van der Waals surface area contributed by atoms with Crippen LogP contribution in [0.2, 0.25) is 5.02 Å². The Morgan fingerprint density at radius 3 is 2.55 bits per heavy atom. The molecule has 1 aliphatic heterocycles. The molecule has 0 bridgehead atoms. The average Bonchev–Trinajstić information content (AvgIpc) is 2.73. The van der Waals surface area contributed by atoms with E-state index >= 15 is 0 Å². The summed E-state index contributed by atoms with van der Waals surface area (Å²) in [6.07, 6.45) is 2.01. The maximum atomic E-state index is 13.3.